The van der Waals surface area contributed by atoms with Crippen molar-refractivity contribution in [3.63, 3.8) is 0 Å². The molecule has 10 aromatic rings. The second-order valence-electron chi connectivity index (χ2n) is 11.7. The summed E-state index contributed by atoms with van der Waals surface area (Å²) in [6.45, 7) is 0. The molecule has 0 saturated carbocycles. The SMILES string of the molecule is c1ccc(N(c2ccccc2)c2ccc3c4cc5cc6c(cc5cc4c4cccc2c43)c2cccc3cccc6c32)cc1. The fraction of sp³-hybridized carbons (Fsp3) is 0. The van der Waals surface area contributed by atoms with Crippen molar-refractivity contribution >= 4 is 92.5 Å². The van der Waals surface area contributed by atoms with Gasteiger partial charge in [-0.3, -0.25) is 0 Å². The van der Waals surface area contributed by atoms with Crippen molar-refractivity contribution in [2.75, 3.05) is 4.90 Å². The quantitative estimate of drug-likeness (QED) is 0.214. The highest BCUT2D eigenvalue weighted by atomic mass is 15.1. The molecule has 0 atom stereocenters. The maximum Gasteiger partial charge on any atom is 0.0540 e. The number of rotatable bonds is 3. The molecule has 0 amide bonds. The van der Waals surface area contributed by atoms with Crippen LogP contribution in [0, 0.1) is 0 Å². The average molecular weight is 544 g/mol. The predicted molar refractivity (Wildman–Crippen MR) is 186 cm³/mol. The van der Waals surface area contributed by atoms with E-state index in [1.54, 1.807) is 0 Å². The Bertz CT molecular complexity index is 2510. The molecular formula is C42H25N. The molecule has 0 heterocycles. The van der Waals surface area contributed by atoms with Crippen LogP contribution in [0.4, 0.5) is 17.1 Å². The lowest BCUT2D eigenvalue weighted by atomic mass is 10.0. The first kappa shape index (κ1) is 23.0. The van der Waals surface area contributed by atoms with Crippen molar-refractivity contribution in [1.82, 2.24) is 0 Å². The molecule has 0 aliphatic rings. The number of hydrogen-bond donors (Lipinski definition) is 0. The van der Waals surface area contributed by atoms with Crippen LogP contribution in [0.5, 0.6) is 0 Å². The van der Waals surface area contributed by atoms with E-state index in [9.17, 15) is 0 Å². The van der Waals surface area contributed by atoms with Crippen LogP contribution < -0.4 is 4.90 Å². The first-order valence-corrected chi connectivity index (χ1v) is 14.9. The third-order valence-electron chi connectivity index (χ3n) is 9.47. The van der Waals surface area contributed by atoms with Crippen molar-refractivity contribution in [2.24, 2.45) is 0 Å². The monoisotopic (exact) mass is 543 g/mol. The number of benzene rings is 8. The minimum Gasteiger partial charge on any atom is -0.310 e. The Morgan fingerprint density at radius 1 is 0.279 bits per heavy atom. The van der Waals surface area contributed by atoms with E-state index in [4.69, 9.17) is 0 Å². The zero-order valence-electron chi connectivity index (χ0n) is 23.4. The first-order valence-electron chi connectivity index (χ1n) is 14.9. The first-order chi connectivity index (χ1) is 21.3. The van der Waals surface area contributed by atoms with Crippen LogP contribution in [0.15, 0.2) is 152 Å². The molecule has 0 aliphatic carbocycles. The molecule has 0 aromatic heterocycles. The lowest BCUT2D eigenvalue weighted by Gasteiger charge is -2.27. The summed E-state index contributed by atoms with van der Waals surface area (Å²) in [5.41, 5.74) is 3.50. The van der Waals surface area contributed by atoms with Gasteiger partial charge in [0.2, 0.25) is 0 Å². The number of hydrogen-bond acceptors (Lipinski definition) is 1. The van der Waals surface area contributed by atoms with Gasteiger partial charge in [0.25, 0.3) is 0 Å². The molecule has 0 aliphatic heterocycles. The fourth-order valence-corrected chi connectivity index (χ4v) is 7.65. The van der Waals surface area contributed by atoms with Gasteiger partial charge in [-0.2, -0.15) is 0 Å². The van der Waals surface area contributed by atoms with Crippen molar-refractivity contribution in [2.45, 2.75) is 0 Å². The van der Waals surface area contributed by atoms with E-state index >= 15 is 0 Å². The van der Waals surface area contributed by atoms with E-state index in [0.29, 0.717) is 0 Å². The molecule has 0 bridgehead atoms. The van der Waals surface area contributed by atoms with Crippen molar-refractivity contribution in [3.8, 4) is 0 Å². The Hall–Kier alpha value is -5.66. The van der Waals surface area contributed by atoms with E-state index in [1.165, 1.54) is 81.1 Å². The summed E-state index contributed by atoms with van der Waals surface area (Å²) >= 11 is 0. The van der Waals surface area contributed by atoms with E-state index in [1.807, 2.05) is 0 Å². The highest BCUT2D eigenvalue weighted by molar-refractivity contribution is 6.35. The Balaban J connectivity index is 1.28. The van der Waals surface area contributed by atoms with Gasteiger partial charge in [0.15, 0.2) is 0 Å². The Kier molecular flexibility index (Phi) is 4.51. The normalized spacial score (nSPS) is 12.2. The lowest BCUT2D eigenvalue weighted by molar-refractivity contribution is 1.30. The van der Waals surface area contributed by atoms with Gasteiger partial charge in [-0.25, -0.2) is 0 Å². The molecule has 1 heteroatoms. The van der Waals surface area contributed by atoms with Crippen LogP contribution in [-0.2, 0) is 0 Å². The van der Waals surface area contributed by atoms with Crippen molar-refractivity contribution in [1.29, 1.82) is 0 Å². The van der Waals surface area contributed by atoms with Gasteiger partial charge < -0.3 is 4.90 Å². The van der Waals surface area contributed by atoms with Crippen LogP contribution in [0.25, 0.3) is 75.4 Å². The van der Waals surface area contributed by atoms with E-state index in [2.05, 4.69) is 157 Å². The molecule has 10 aromatic carbocycles. The van der Waals surface area contributed by atoms with Gasteiger partial charge in [0.1, 0.15) is 0 Å². The van der Waals surface area contributed by atoms with E-state index in [0.717, 1.165) is 11.4 Å². The van der Waals surface area contributed by atoms with Gasteiger partial charge in [-0.1, -0.05) is 97.1 Å². The number of nitrogens with zero attached hydrogens (tertiary/aromatic N) is 1. The minimum atomic E-state index is 1.15. The Morgan fingerprint density at radius 3 is 1.26 bits per heavy atom. The molecule has 198 valence electrons. The van der Waals surface area contributed by atoms with Crippen LogP contribution in [0.3, 0.4) is 0 Å². The van der Waals surface area contributed by atoms with E-state index in [-0.39, 0.29) is 0 Å². The third-order valence-corrected chi connectivity index (χ3v) is 9.47. The predicted octanol–water partition coefficient (Wildman–Crippen LogP) is 12.1. The summed E-state index contributed by atoms with van der Waals surface area (Å²) in [6.07, 6.45) is 0. The summed E-state index contributed by atoms with van der Waals surface area (Å²) in [4.78, 5) is 2.38. The largest absolute Gasteiger partial charge is 0.310 e. The van der Waals surface area contributed by atoms with Crippen molar-refractivity contribution in [3.05, 3.63) is 152 Å². The number of anilines is 3. The summed E-state index contributed by atoms with van der Waals surface area (Å²) in [7, 11) is 0. The third kappa shape index (κ3) is 3.11. The molecule has 0 N–H and O–H groups in total. The highest BCUT2D eigenvalue weighted by Crippen LogP contribution is 2.47. The summed E-state index contributed by atoms with van der Waals surface area (Å²) in [5.74, 6) is 0. The Labute approximate surface area is 248 Å². The minimum absolute atomic E-state index is 1.15. The zero-order valence-corrected chi connectivity index (χ0v) is 23.4. The van der Waals surface area contributed by atoms with Gasteiger partial charge in [-0.05, 0) is 125 Å². The standard InChI is InChI=1S/C42H25N/c1-3-12-29(13-4-1)43(30-14-5-2-6-15-30)40-21-20-34-39-25-28-23-37-32-17-8-11-26-10-7-16-31(41(26)32)36(37)22-27(28)24-38(39)33-18-9-19-35(40)42(33)34/h1-25H. The van der Waals surface area contributed by atoms with Crippen LogP contribution in [-0.4, -0.2) is 0 Å². The van der Waals surface area contributed by atoms with Gasteiger partial charge >= 0.3 is 0 Å². The smallest absolute Gasteiger partial charge is 0.0540 e. The van der Waals surface area contributed by atoms with Crippen LogP contribution in [0.2, 0.25) is 0 Å². The second-order valence-corrected chi connectivity index (χ2v) is 11.7. The highest BCUT2D eigenvalue weighted by Gasteiger charge is 2.20. The van der Waals surface area contributed by atoms with Crippen LogP contribution in [0.1, 0.15) is 0 Å². The lowest BCUT2D eigenvalue weighted by Crippen LogP contribution is -2.10. The summed E-state index contributed by atoms with van der Waals surface area (Å²) < 4.78 is 0. The molecular weight excluding hydrogens is 518 g/mol. The molecule has 0 saturated heterocycles. The maximum absolute atomic E-state index is 2.43. The molecule has 0 fully saturated rings. The molecule has 1 nitrogen and oxygen atoms in total. The average Bonchev–Trinajstić information content (AvgIpc) is 3.55. The number of fused-ring (bicyclic) bond motifs is 7. The summed E-state index contributed by atoms with van der Waals surface area (Å²) in [5, 5.41) is 18.6. The molecule has 10 rings (SSSR count). The zero-order chi connectivity index (χ0) is 28.1. The topological polar surface area (TPSA) is 3.24 Å². The Morgan fingerprint density at radius 2 is 0.721 bits per heavy atom. The van der Waals surface area contributed by atoms with Gasteiger partial charge in [-0.15, -0.1) is 0 Å². The van der Waals surface area contributed by atoms with Crippen LogP contribution >= 0.6 is 0 Å². The van der Waals surface area contributed by atoms with Gasteiger partial charge in [0.05, 0.1) is 5.69 Å². The molecule has 0 spiro atoms. The fourth-order valence-electron chi connectivity index (χ4n) is 7.65. The van der Waals surface area contributed by atoms with E-state index < -0.39 is 0 Å². The molecule has 0 unspecified atom stereocenters. The van der Waals surface area contributed by atoms with Gasteiger partial charge in [0, 0.05) is 16.8 Å². The second kappa shape index (κ2) is 8.44. The molecule has 43 heavy (non-hydrogen) atoms. The number of para-hydroxylation sites is 2. The maximum atomic E-state index is 2.43. The summed E-state index contributed by atoms with van der Waals surface area (Å²) in [6, 6.07) is 55.9. The molecule has 0 radical (unpaired) electrons. The van der Waals surface area contributed by atoms with Crippen molar-refractivity contribution < 1.29 is 0 Å².